The van der Waals surface area contributed by atoms with Gasteiger partial charge in [0.25, 0.3) is 5.91 Å². The number of hydrogen-bond donors (Lipinski definition) is 2. The normalized spacial score (nSPS) is 17.0. The predicted octanol–water partition coefficient (Wildman–Crippen LogP) is 3.12. The summed E-state index contributed by atoms with van der Waals surface area (Å²) in [7, 11) is 0. The van der Waals surface area contributed by atoms with Gasteiger partial charge in [-0.25, -0.2) is 4.98 Å². The fourth-order valence-electron chi connectivity index (χ4n) is 3.83. The van der Waals surface area contributed by atoms with Crippen LogP contribution in [0.3, 0.4) is 0 Å². The molecule has 0 bridgehead atoms. The van der Waals surface area contributed by atoms with Crippen molar-refractivity contribution >= 4 is 39.9 Å². The molecular formula is C21H24N4O3S. The third kappa shape index (κ3) is 4.64. The van der Waals surface area contributed by atoms with Gasteiger partial charge in [-0.15, -0.1) is 11.3 Å². The molecule has 2 N–H and O–H groups in total. The van der Waals surface area contributed by atoms with Gasteiger partial charge >= 0.3 is 0 Å². The summed E-state index contributed by atoms with van der Waals surface area (Å²) in [5.74, 6) is -0.315. The highest BCUT2D eigenvalue weighted by Crippen LogP contribution is 2.26. The van der Waals surface area contributed by atoms with Gasteiger partial charge in [0.2, 0.25) is 11.8 Å². The number of rotatable bonds is 6. The van der Waals surface area contributed by atoms with Gasteiger partial charge in [-0.05, 0) is 31.4 Å². The van der Waals surface area contributed by atoms with Gasteiger partial charge in [0.1, 0.15) is 0 Å². The maximum Gasteiger partial charge on any atom is 0.253 e. The van der Waals surface area contributed by atoms with Crippen LogP contribution in [0, 0.1) is 0 Å². The minimum Gasteiger partial charge on any atom is -0.349 e. The Bertz CT molecular complexity index is 920. The van der Waals surface area contributed by atoms with Crippen molar-refractivity contribution in [1.29, 1.82) is 0 Å². The third-order valence-corrected chi connectivity index (χ3v) is 6.23. The number of para-hydroxylation sites is 1. The Morgan fingerprint density at radius 3 is 2.72 bits per heavy atom. The number of anilines is 2. The molecule has 1 aromatic heterocycles. The standard InChI is InChI=1S/C21H24N4O3S/c26-18(12-15-13-29-21(23-15)25-11-5-10-19(25)27)24-17-9-4-3-8-16(17)20(28)22-14-6-1-2-7-14/h3-4,8-9,13-14H,1-2,5-7,10-12H2,(H,22,28)(H,24,26). The molecule has 3 amide bonds. The van der Waals surface area contributed by atoms with Crippen LogP contribution in [0.15, 0.2) is 29.6 Å². The monoisotopic (exact) mass is 412 g/mol. The summed E-state index contributed by atoms with van der Waals surface area (Å²) in [4.78, 5) is 43.1. The van der Waals surface area contributed by atoms with Gasteiger partial charge in [-0.3, -0.25) is 19.3 Å². The van der Waals surface area contributed by atoms with E-state index in [1.165, 1.54) is 11.3 Å². The quantitative estimate of drug-likeness (QED) is 0.763. The SMILES string of the molecule is O=C(Cc1csc(N2CCCC2=O)n1)Nc1ccccc1C(=O)NC1CCCC1. The first kappa shape index (κ1) is 19.6. The number of hydrogen-bond acceptors (Lipinski definition) is 5. The minimum absolute atomic E-state index is 0.0811. The zero-order valence-electron chi connectivity index (χ0n) is 16.1. The fraction of sp³-hybridized carbons (Fsp3) is 0.429. The van der Waals surface area contributed by atoms with Crippen LogP contribution in [0.1, 0.15) is 54.6 Å². The number of nitrogens with zero attached hydrogens (tertiary/aromatic N) is 2. The summed E-state index contributed by atoms with van der Waals surface area (Å²) in [5, 5.41) is 8.35. The van der Waals surface area contributed by atoms with E-state index in [1.54, 1.807) is 34.5 Å². The van der Waals surface area contributed by atoms with Crippen LogP contribution in [-0.4, -0.2) is 35.3 Å². The van der Waals surface area contributed by atoms with Crippen molar-refractivity contribution in [3.63, 3.8) is 0 Å². The number of carbonyl (C=O) groups is 3. The van der Waals surface area contributed by atoms with Gasteiger partial charge in [0.05, 0.1) is 23.4 Å². The molecule has 8 heteroatoms. The Labute approximate surface area is 173 Å². The summed E-state index contributed by atoms with van der Waals surface area (Å²) in [6.07, 6.45) is 5.78. The number of amides is 3. The summed E-state index contributed by atoms with van der Waals surface area (Å²) in [5.41, 5.74) is 1.59. The van der Waals surface area contributed by atoms with E-state index in [-0.39, 0.29) is 30.2 Å². The largest absolute Gasteiger partial charge is 0.349 e. The van der Waals surface area contributed by atoms with Gasteiger partial charge in [-0.1, -0.05) is 25.0 Å². The Hall–Kier alpha value is -2.74. The highest BCUT2D eigenvalue weighted by Gasteiger charge is 2.25. The van der Waals surface area contributed by atoms with Crippen LogP contribution < -0.4 is 15.5 Å². The second-order valence-corrected chi connectivity index (χ2v) is 8.33. The van der Waals surface area contributed by atoms with E-state index in [9.17, 15) is 14.4 Å². The van der Waals surface area contributed by atoms with Crippen molar-refractivity contribution in [2.75, 3.05) is 16.8 Å². The lowest BCUT2D eigenvalue weighted by Crippen LogP contribution is -2.33. The topological polar surface area (TPSA) is 91.4 Å². The van der Waals surface area contributed by atoms with Crippen molar-refractivity contribution in [1.82, 2.24) is 10.3 Å². The van der Waals surface area contributed by atoms with Crippen LogP contribution in [0.4, 0.5) is 10.8 Å². The summed E-state index contributed by atoms with van der Waals surface area (Å²) >= 11 is 1.37. The third-order valence-electron chi connectivity index (χ3n) is 5.32. The van der Waals surface area contributed by atoms with E-state index >= 15 is 0 Å². The molecular weight excluding hydrogens is 388 g/mol. The Balaban J connectivity index is 1.39. The average Bonchev–Trinajstić information content (AvgIpc) is 3.44. The maximum absolute atomic E-state index is 12.6. The molecule has 2 aliphatic rings. The predicted molar refractivity (Wildman–Crippen MR) is 112 cm³/mol. The number of aromatic nitrogens is 1. The van der Waals surface area contributed by atoms with E-state index in [4.69, 9.17) is 0 Å². The molecule has 2 aromatic rings. The van der Waals surface area contributed by atoms with Gasteiger partial charge < -0.3 is 10.6 Å². The Morgan fingerprint density at radius 1 is 1.17 bits per heavy atom. The molecule has 152 valence electrons. The second-order valence-electron chi connectivity index (χ2n) is 7.50. The molecule has 1 saturated heterocycles. The number of carbonyl (C=O) groups excluding carboxylic acids is 3. The van der Waals surface area contributed by atoms with Gasteiger partial charge in [0, 0.05) is 24.4 Å². The maximum atomic E-state index is 12.6. The molecule has 2 heterocycles. The number of benzene rings is 1. The molecule has 0 unspecified atom stereocenters. The molecule has 7 nitrogen and oxygen atoms in total. The first-order valence-corrected chi connectivity index (χ1v) is 10.9. The van der Waals surface area contributed by atoms with Crippen molar-refractivity contribution in [3.05, 3.63) is 40.9 Å². The van der Waals surface area contributed by atoms with Crippen LogP contribution in [0.5, 0.6) is 0 Å². The lowest BCUT2D eigenvalue weighted by Gasteiger charge is -2.15. The fourth-order valence-corrected chi connectivity index (χ4v) is 4.70. The van der Waals surface area contributed by atoms with E-state index in [1.807, 2.05) is 0 Å². The van der Waals surface area contributed by atoms with Crippen LogP contribution in [0.2, 0.25) is 0 Å². The average molecular weight is 413 g/mol. The highest BCUT2D eigenvalue weighted by molar-refractivity contribution is 7.14. The second kappa shape index (κ2) is 8.73. The number of nitrogens with one attached hydrogen (secondary N) is 2. The molecule has 0 radical (unpaired) electrons. The molecule has 1 aromatic carbocycles. The van der Waals surface area contributed by atoms with E-state index in [0.717, 1.165) is 32.1 Å². The lowest BCUT2D eigenvalue weighted by molar-refractivity contribution is -0.117. The molecule has 2 fully saturated rings. The molecule has 29 heavy (non-hydrogen) atoms. The van der Waals surface area contributed by atoms with Crippen LogP contribution >= 0.6 is 11.3 Å². The zero-order valence-corrected chi connectivity index (χ0v) is 17.0. The first-order valence-electron chi connectivity index (χ1n) is 10.0. The smallest absolute Gasteiger partial charge is 0.253 e. The van der Waals surface area contributed by atoms with E-state index in [2.05, 4.69) is 15.6 Å². The first-order chi connectivity index (χ1) is 14.1. The minimum atomic E-state index is -0.240. The highest BCUT2D eigenvalue weighted by atomic mass is 32.1. The molecule has 1 aliphatic carbocycles. The zero-order chi connectivity index (χ0) is 20.2. The van der Waals surface area contributed by atoms with Crippen molar-refractivity contribution < 1.29 is 14.4 Å². The summed E-state index contributed by atoms with van der Waals surface area (Å²) in [6.45, 7) is 0.682. The van der Waals surface area contributed by atoms with Gasteiger partial charge in [0.15, 0.2) is 5.13 Å². The van der Waals surface area contributed by atoms with Crippen molar-refractivity contribution in [3.8, 4) is 0 Å². The summed E-state index contributed by atoms with van der Waals surface area (Å²) in [6, 6.07) is 7.25. The molecule has 0 atom stereocenters. The Morgan fingerprint density at radius 2 is 1.97 bits per heavy atom. The van der Waals surface area contributed by atoms with Crippen molar-refractivity contribution in [2.24, 2.45) is 0 Å². The van der Waals surface area contributed by atoms with E-state index in [0.29, 0.717) is 35.0 Å². The number of thiazole rings is 1. The summed E-state index contributed by atoms with van der Waals surface area (Å²) < 4.78 is 0. The lowest BCUT2D eigenvalue weighted by atomic mass is 10.1. The van der Waals surface area contributed by atoms with E-state index < -0.39 is 0 Å². The molecule has 1 saturated carbocycles. The molecule has 1 aliphatic heterocycles. The Kier molecular flexibility index (Phi) is 5.89. The van der Waals surface area contributed by atoms with Crippen LogP contribution in [0.25, 0.3) is 0 Å². The van der Waals surface area contributed by atoms with Gasteiger partial charge in [-0.2, -0.15) is 0 Å². The molecule has 0 spiro atoms. The van der Waals surface area contributed by atoms with Crippen molar-refractivity contribution in [2.45, 2.75) is 51.0 Å². The molecule has 4 rings (SSSR count). The van der Waals surface area contributed by atoms with Crippen LogP contribution in [-0.2, 0) is 16.0 Å².